The molecule has 6 nitrogen and oxygen atoms in total. The van der Waals surface area contributed by atoms with Crippen LogP contribution in [-0.4, -0.2) is 32.6 Å². The number of aromatic nitrogens is 3. The fraction of sp³-hybridized carbons (Fsp3) is 0.115. The van der Waals surface area contributed by atoms with Crippen LogP contribution in [0.3, 0.4) is 0 Å². The molecule has 3 aromatic heterocycles. The topological polar surface area (TPSA) is 64.2 Å². The van der Waals surface area contributed by atoms with Crippen LogP contribution in [0.4, 0.5) is 0 Å². The van der Waals surface area contributed by atoms with Gasteiger partial charge < -0.3 is 9.32 Å². The number of rotatable bonds is 7. The smallest absolute Gasteiger partial charge is 0.228 e. The SMILES string of the molecule is CN(Cc1cn(-c2ccccc2)nc1-c1ccccc1)C(=O)Cc1csc(-c2ccco2)n1. The molecule has 0 aliphatic carbocycles. The predicted octanol–water partition coefficient (Wildman–Crippen LogP) is 5.46. The zero-order valence-corrected chi connectivity index (χ0v) is 18.9. The number of likely N-dealkylation sites (N-methyl/N-ethyl adjacent to an activating group) is 1. The fourth-order valence-corrected chi connectivity index (χ4v) is 4.40. The molecule has 0 unspecified atom stereocenters. The maximum Gasteiger partial charge on any atom is 0.228 e. The van der Waals surface area contributed by atoms with Gasteiger partial charge in [-0.25, -0.2) is 9.67 Å². The lowest BCUT2D eigenvalue weighted by Gasteiger charge is -2.16. The highest BCUT2D eigenvalue weighted by atomic mass is 32.1. The summed E-state index contributed by atoms with van der Waals surface area (Å²) in [5, 5.41) is 7.52. The summed E-state index contributed by atoms with van der Waals surface area (Å²) in [5.41, 5.74) is 4.59. The zero-order valence-electron chi connectivity index (χ0n) is 18.1. The molecule has 0 saturated heterocycles. The van der Waals surface area contributed by atoms with Crippen molar-refractivity contribution in [1.82, 2.24) is 19.7 Å². The summed E-state index contributed by atoms with van der Waals surface area (Å²) >= 11 is 1.48. The number of para-hydroxylation sites is 1. The molecule has 7 heteroatoms. The van der Waals surface area contributed by atoms with Gasteiger partial charge in [0.25, 0.3) is 0 Å². The number of furan rings is 1. The van der Waals surface area contributed by atoms with Crippen LogP contribution in [0.25, 0.3) is 27.7 Å². The number of nitrogens with zero attached hydrogens (tertiary/aromatic N) is 4. The van der Waals surface area contributed by atoms with E-state index in [1.807, 2.05) is 96.1 Å². The molecular weight excluding hydrogens is 432 g/mol. The fourth-order valence-electron chi connectivity index (χ4n) is 3.61. The number of hydrogen-bond acceptors (Lipinski definition) is 5. The minimum absolute atomic E-state index is 0.00207. The minimum Gasteiger partial charge on any atom is -0.462 e. The Bertz CT molecular complexity index is 1340. The first-order chi connectivity index (χ1) is 16.2. The Morgan fingerprint density at radius 1 is 1.03 bits per heavy atom. The number of carbonyl (C=O) groups excluding carboxylic acids is 1. The molecule has 5 aromatic rings. The molecular formula is C26H22N4O2S. The van der Waals surface area contributed by atoms with Gasteiger partial charge in [0.1, 0.15) is 0 Å². The second-order valence-electron chi connectivity index (χ2n) is 7.70. The molecule has 0 spiro atoms. The van der Waals surface area contributed by atoms with E-state index in [9.17, 15) is 4.79 Å². The molecule has 0 radical (unpaired) electrons. The van der Waals surface area contributed by atoms with E-state index in [1.54, 1.807) is 11.2 Å². The Morgan fingerprint density at radius 3 is 2.52 bits per heavy atom. The van der Waals surface area contributed by atoms with E-state index in [0.717, 1.165) is 33.2 Å². The van der Waals surface area contributed by atoms with Crippen LogP contribution in [0.2, 0.25) is 0 Å². The van der Waals surface area contributed by atoms with Gasteiger partial charge in [-0.3, -0.25) is 4.79 Å². The van der Waals surface area contributed by atoms with E-state index in [1.165, 1.54) is 11.3 Å². The lowest BCUT2D eigenvalue weighted by molar-refractivity contribution is -0.129. The Morgan fingerprint density at radius 2 is 1.79 bits per heavy atom. The van der Waals surface area contributed by atoms with Crippen LogP contribution in [0.5, 0.6) is 0 Å². The van der Waals surface area contributed by atoms with Crippen LogP contribution in [0.1, 0.15) is 11.3 Å². The summed E-state index contributed by atoms with van der Waals surface area (Å²) in [7, 11) is 1.82. The van der Waals surface area contributed by atoms with Crippen molar-refractivity contribution in [2.24, 2.45) is 0 Å². The van der Waals surface area contributed by atoms with E-state index in [4.69, 9.17) is 9.52 Å². The van der Waals surface area contributed by atoms with Gasteiger partial charge in [0, 0.05) is 36.3 Å². The van der Waals surface area contributed by atoms with Gasteiger partial charge >= 0.3 is 0 Å². The first-order valence-electron chi connectivity index (χ1n) is 10.6. The third kappa shape index (κ3) is 4.63. The van der Waals surface area contributed by atoms with E-state index < -0.39 is 0 Å². The summed E-state index contributed by atoms with van der Waals surface area (Å²) in [6.45, 7) is 0.449. The molecule has 0 saturated carbocycles. The molecule has 0 N–H and O–H groups in total. The number of hydrogen-bond donors (Lipinski definition) is 0. The van der Waals surface area contributed by atoms with E-state index in [0.29, 0.717) is 12.3 Å². The van der Waals surface area contributed by atoms with Crippen molar-refractivity contribution in [2.45, 2.75) is 13.0 Å². The molecule has 0 bridgehead atoms. The molecule has 3 heterocycles. The molecule has 0 fully saturated rings. The van der Waals surface area contributed by atoms with E-state index >= 15 is 0 Å². The van der Waals surface area contributed by atoms with Gasteiger partial charge in [0.15, 0.2) is 10.8 Å². The standard InChI is InChI=1S/C26H22N4O2S/c1-29(24(31)15-21-18-33-26(27-21)23-13-8-14-32-23)16-20-17-30(22-11-6-3-7-12-22)28-25(20)19-9-4-2-5-10-19/h2-14,17-18H,15-16H2,1H3. The van der Waals surface area contributed by atoms with Crippen LogP contribution >= 0.6 is 11.3 Å². The third-order valence-corrected chi connectivity index (χ3v) is 6.21. The summed E-state index contributed by atoms with van der Waals surface area (Å²) < 4.78 is 7.27. The number of amides is 1. The molecule has 164 valence electrons. The molecule has 0 aliphatic heterocycles. The maximum atomic E-state index is 13.0. The summed E-state index contributed by atoms with van der Waals surface area (Å²) in [6.07, 6.45) is 3.86. The molecule has 2 aromatic carbocycles. The highest BCUT2D eigenvalue weighted by Crippen LogP contribution is 2.26. The van der Waals surface area contributed by atoms with Crippen molar-refractivity contribution < 1.29 is 9.21 Å². The second kappa shape index (κ2) is 9.26. The van der Waals surface area contributed by atoms with Gasteiger partial charge in [-0.2, -0.15) is 5.10 Å². The van der Waals surface area contributed by atoms with Crippen molar-refractivity contribution in [1.29, 1.82) is 0 Å². The minimum atomic E-state index is -0.00207. The largest absolute Gasteiger partial charge is 0.462 e. The molecule has 5 rings (SSSR count). The Kier molecular flexibility index (Phi) is 5.87. The van der Waals surface area contributed by atoms with Gasteiger partial charge in [0.2, 0.25) is 5.91 Å². The zero-order chi connectivity index (χ0) is 22.6. The van der Waals surface area contributed by atoms with Crippen molar-refractivity contribution in [2.75, 3.05) is 7.05 Å². The van der Waals surface area contributed by atoms with Crippen LogP contribution in [0, 0.1) is 0 Å². The number of thiazole rings is 1. The maximum absolute atomic E-state index is 13.0. The molecule has 0 aliphatic rings. The van der Waals surface area contributed by atoms with Crippen molar-refractivity contribution in [3.63, 3.8) is 0 Å². The van der Waals surface area contributed by atoms with Crippen molar-refractivity contribution in [3.8, 4) is 27.7 Å². The van der Waals surface area contributed by atoms with Gasteiger partial charge in [0.05, 0.1) is 29.8 Å². The van der Waals surface area contributed by atoms with Crippen molar-refractivity contribution >= 4 is 17.2 Å². The highest BCUT2D eigenvalue weighted by Gasteiger charge is 2.18. The lowest BCUT2D eigenvalue weighted by Crippen LogP contribution is -2.27. The lowest BCUT2D eigenvalue weighted by atomic mass is 10.1. The summed E-state index contributed by atoms with van der Waals surface area (Å²) in [6, 6.07) is 23.7. The average molecular weight is 455 g/mol. The highest BCUT2D eigenvalue weighted by molar-refractivity contribution is 7.13. The Balaban J connectivity index is 1.36. The quantitative estimate of drug-likeness (QED) is 0.328. The molecule has 1 amide bonds. The first-order valence-corrected chi connectivity index (χ1v) is 11.5. The molecule has 0 atom stereocenters. The average Bonchev–Trinajstić information content (AvgIpc) is 3.61. The van der Waals surface area contributed by atoms with Gasteiger partial charge in [-0.1, -0.05) is 48.5 Å². The third-order valence-electron chi connectivity index (χ3n) is 5.31. The van der Waals surface area contributed by atoms with Gasteiger partial charge in [-0.05, 0) is 24.3 Å². The monoisotopic (exact) mass is 454 g/mol. The summed E-state index contributed by atoms with van der Waals surface area (Å²) in [4.78, 5) is 19.3. The van der Waals surface area contributed by atoms with Crippen LogP contribution < -0.4 is 0 Å². The Labute approximate surface area is 195 Å². The normalized spacial score (nSPS) is 10.9. The van der Waals surface area contributed by atoms with Crippen LogP contribution in [0.15, 0.2) is 95.1 Å². The summed E-state index contributed by atoms with van der Waals surface area (Å²) in [5.74, 6) is 0.714. The van der Waals surface area contributed by atoms with E-state index in [2.05, 4.69) is 4.98 Å². The van der Waals surface area contributed by atoms with Crippen molar-refractivity contribution in [3.05, 3.63) is 102 Å². The number of carbonyl (C=O) groups is 1. The first kappa shape index (κ1) is 20.9. The van der Waals surface area contributed by atoms with Gasteiger partial charge in [-0.15, -0.1) is 11.3 Å². The second-order valence-corrected chi connectivity index (χ2v) is 8.56. The number of benzene rings is 2. The van der Waals surface area contributed by atoms with Crippen LogP contribution in [-0.2, 0) is 17.8 Å². The molecule has 33 heavy (non-hydrogen) atoms. The predicted molar refractivity (Wildman–Crippen MR) is 129 cm³/mol. The van der Waals surface area contributed by atoms with E-state index in [-0.39, 0.29) is 12.3 Å². The Hall–Kier alpha value is -3.97.